The van der Waals surface area contributed by atoms with Gasteiger partial charge in [-0.15, -0.1) is 10.2 Å². The van der Waals surface area contributed by atoms with E-state index >= 15 is 0 Å². The van der Waals surface area contributed by atoms with E-state index in [1.807, 2.05) is 22.9 Å². The summed E-state index contributed by atoms with van der Waals surface area (Å²) < 4.78 is 2.04. The van der Waals surface area contributed by atoms with Crippen LogP contribution in [-0.2, 0) is 6.54 Å². The number of rotatable bonds is 4. The molecule has 0 spiro atoms. The zero-order chi connectivity index (χ0) is 14.8. The summed E-state index contributed by atoms with van der Waals surface area (Å²) in [6.45, 7) is 2.05. The number of benzene rings is 1. The number of hydrogen-bond donors (Lipinski definition) is 0. The van der Waals surface area contributed by atoms with Gasteiger partial charge < -0.3 is 0 Å². The molecule has 1 aliphatic heterocycles. The Balaban J connectivity index is 1.57. The molecule has 2 aromatic heterocycles. The molecule has 1 aromatic carbocycles. The third-order valence-electron chi connectivity index (χ3n) is 4.16. The molecule has 110 valence electrons. The monoisotopic (exact) mass is 291 g/mol. The Labute approximate surface area is 129 Å². The molecule has 1 saturated heterocycles. The van der Waals surface area contributed by atoms with E-state index in [0.717, 1.165) is 31.0 Å². The van der Waals surface area contributed by atoms with E-state index < -0.39 is 0 Å². The highest BCUT2D eigenvalue weighted by Gasteiger charge is 2.33. The standard InChI is InChI=1S/C17H17N5/c1-2-5-14(6-3-1)12-21-10-8-16(21)17-20-19-13-22(17)15-7-4-9-18-11-15/h1-7,9,11,13,16H,8,10,12H2/t16-/m1/s1. The number of pyridine rings is 1. The third kappa shape index (κ3) is 2.40. The van der Waals surface area contributed by atoms with Crippen LogP contribution in [0.3, 0.4) is 0 Å². The molecule has 1 aliphatic rings. The number of likely N-dealkylation sites (tertiary alicyclic amines) is 1. The quantitative estimate of drug-likeness (QED) is 0.741. The Morgan fingerprint density at radius 3 is 2.73 bits per heavy atom. The maximum Gasteiger partial charge on any atom is 0.154 e. The Bertz CT molecular complexity index is 738. The first-order valence-electron chi connectivity index (χ1n) is 7.50. The van der Waals surface area contributed by atoms with Crippen molar-refractivity contribution in [3.05, 3.63) is 72.6 Å². The molecule has 5 nitrogen and oxygen atoms in total. The maximum absolute atomic E-state index is 4.35. The van der Waals surface area contributed by atoms with Crippen molar-refractivity contribution in [2.45, 2.75) is 19.0 Å². The van der Waals surface area contributed by atoms with E-state index in [-0.39, 0.29) is 0 Å². The first-order chi connectivity index (χ1) is 10.9. The Morgan fingerprint density at radius 1 is 1.09 bits per heavy atom. The van der Waals surface area contributed by atoms with Crippen LogP contribution < -0.4 is 0 Å². The molecule has 1 atom stereocenters. The van der Waals surface area contributed by atoms with Crippen molar-refractivity contribution >= 4 is 0 Å². The van der Waals surface area contributed by atoms with Gasteiger partial charge in [-0.05, 0) is 24.1 Å². The summed E-state index contributed by atoms with van der Waals surface area (Å²) in [5.74, 6) is 0.996. The summed E-state index contributed by atoms with van der Waals surface area (Å²) in [5, 5.41) is 8.45. The van der Waals surface area contributed by atoms with E-state index in [2.05, 4.69) is 50.4 Å². The molecule has 0 aliphatic carbocycles. The third-order valence-corrected chi connectivity index (χ3v) is 4.16. The average molecular weight is 291 g/mol. The highest BCUT2D eigenvalue weighted by atomic mass is 15.3. The molecule has 1 fully saturated rings. The smallest absolute Gasteiger partial charge is 0.154 e. The summed E-state index contributed by atoms with van der Waals surface area (Å²) in [4.78, 5) is 6.62. The van der Waals surface area contributed by atoms with Gasteiger partial charge in [0.05, 0.1) is 17.9 Å². The van der Waals surface area contributed by atoms with Gasteiger partial charge >= 0.3 is 0 Å². The molecule has 0 bridgehead atoms. The van der Waals surface area contributed by atoms with Gasteiger partial charge in [0.15, 0.2) is 5.82 Å². The van der Waals surface area contributed by atoms with Crippen LogP contribution in [0.15, 0.2) is 61.2 Å². The molecule has 22 heavy (non-hydrogen) atoms. The predicted molar refractivity (Wildman–Crippen MR) is 83.4 cm³/mol. The normalized spacial score (nSPS) is 18.1. The van der Waals surface area contributed by atoms with Gasteiger partial charge in [0.1, 0.15) is 6.33 Å². The van der Waals surface area contributed by atoms with Gasteiger partial charge in [-0.25, -0.2) is 0 Å². The van der Waals surface area contributed by atoms with E-state index in [9.17, 15) is 0 Å². The second-order valence-corrected chi connectivity index (χ2v) is 5.53. The number of aromatic nitrogens is 4. The lowest BCUT2D eigenvalue weighted by atomic mass is 10.0. The van der Waals surface area contributed by atoms with Crippen molar-refractivity contribution in [3.63, 3.8) is 0 Å². The van der Waals surface area contributed by atoms with E-state index in [1.165, 1.54) is 5.56 Å². The van der Waals surface area contributed by atoms with Crippen molar-refractivity contribution in [3.8, 4) is 5.69 Å². The van der Waals surface area contributed by atoms with Gasteiger partial charge in [0.2, 0.25) is 0 Å². The molecule has 0 amide bonds. The SMILES string of the molecule is c1ccc(CN2CC[C@@H]2c2nncn2-c2cccnc2)cc1. The summed E-state index contributed by atoms with van der Waals surface area (Å²) in [6, 6.07) is 14.8. The first kappa shape index (κ1) is 13.2. The van der Waals surface area contributed by atoms with Crippen LogP contribution in [0.5, 0.6) is 0 Å². The number of hydrogen-bond acceptors (Lipinski definition) is 4. The predicted octanol–water partition coefficient (Wildman–Crippen LogP) is 2.61. The molecule has 4 rings (SSSR count). The second kappa shape index (κ2) is 5.69. The zero-order valence-electron chi connectivity index (χ0n) is 12.2. The fourth-order valence-corrected chi connectivity index (χ4v) is 2.91. The molecule has 5 heteroatoms. The fourth-order valence-electron chi connectivity index (χ4n) is 2.91. The summed E-state index contributed by atoms with van der Waals surface area (Å²) in [6.07, 6.45) is 6.50. The molecule has 3 aromatic rings. The van der Waals surface area contributed by atoms with Crippen molar-refractivity contribution in [1.82, 2.24) is 24.6 Å². The summed E-state index contributed by atoms with van der Waals surface area (Å²) in [5.41, 5.74) is 2.34. The minimum Gasteiger partial charge on any atom is -0.289 e. The lowest BCUT2D eigenvalue weighted by molar-refractivity contribution is 0.0739. The Morgan fingerprint density at radius 2 is 2.00 bits per heavy atom. The van der Waals surface area contributed by atoms with E-state index in [4.69, 9.17) is 0 Å². The van der Waals surface area contributed by atoms with Crippen LogP contribution in [0.2, 0.25) is 0 Å². The second-order valence-electron chi connectivity index (χ2n) is 5.53. The average Bonchev–Trinajstić information content (AvgIpc) is 3.02. The zero-order valence-corrected chi connectivity index (χ0v) is 12.2. The minimum atomic E-state index is 0.322. The van der Waals surface area contributed by atoms with Crippen LogP contribution in [-0.4, -0.2) is 31.2 Å². The van der Waals surface area contributed by atoms with E-state index in [0.29, 0.717) is 6.04 Å². The highest BCUT2D eigenvalue weighted by molar-refractivity contribution is 5.29. The summed E-state index contributed by atoms with van der Waals surface area (Å²) >= 11 is 0. The van der Waals surface area contributed by atoms with Crippen molar-refractivity contribution in [2.24, 2.45) is 0 Å². The van der Waals surface area contributed by atoms with Gasteiger partial charge in [0.25, 0.3) is 0 Å². The van der Waals surface area contributed by atoms with Crippen molar-refractivity contribution in [2.75, 3.05) is 6.54 Å². The summed E-state index contributed by atoms with van der Waals surface area (Å²) in [7, 11) is 0. The topological polar surface area (TPSA) is 46.8 Å². The van der Waals surface area contributed by atoms with Crippen LogP contribution in [0.1, 0.15) is 23.9 Å². The Hall–Kier alpha value is -2.53. The number of nitrogens with zero attached hydrogens (tertiary/aromatic N) is 5. The highest BCUT2D eigenvalue weighted by Crippen LogP contribution is 2.34. The molecule has 0 N–H and O–H groups in total. The van der Waals surface area contributed by atoms with Gasteiger partial charge in [-0.3, -0.25) is 14.5 Å². The maximum atomic E-state index is 4.35. The largest absolute Gasteiger partial charge is 0.289 e. The molecular formula is C17H17N5. The first-order valence-corrected chi connectivity index (χ1v) is 7.50. The molecule has 3 heterocycles. The molecule has 0 unspecified atom stereocenters. The van der Waals surface area contributed by atoms with Crippen molar-refractivity contribution in [1.29, 1.82) is 0 Å². The van der Waals surface area contributed by atoms with Crippen LogP contribution in [0.4, 0.5) is 0 Å². The lowest BCUT2D eigenvalue weighted by Gasteiger charge is -2.40. The van der Waals surface area contributed by atoms with Gasteiger partial charge in [-0.1, -0.05) is 30.3 Å². The Kier molecular flexibility index (Phi) is 3.40. The lowest BCUT2D eigenvalue weighted by Crippen LogP contribution is -2.41. The van der Waals surface area contributed by atoms with Crippen LogP contribution in [0, 0.1) is 0 Å². The van der Waals surface area contributed by atoms with E-state index in [1.54, 1.807) is 12.5 Å². The van der Waals surface area contributed by atoms with Crippen LogP contribution in [0.25, 0.3) is 5.69 Å². The van der Waals surface area contributed by atoms with Gasteiger partial charge in [-0.2, -0.15) is 0 Å². The molecular weight excluding hydrogens is 274 g/mol. The fraction of sp³-hybridized carbons (Fsp3) is 0.235. The van der Waals surface area contributed by atoms with Gasteiger partial charge in [0, 0.05) is 19.3 Å². The molecule has 0 radical (unpaired) electrons. The van der Waals surface area contributed by atoms with Crippen molar-refractivity contribution < 1.29 is 0 Å². The minimum absolute atomic E-state index is 0.322. The molecule has 0 saturated carbocycles. The van der Waals surface area contributed by atoms with Crippen LogP contribution >= 0.6 is 0 Å².